The summed E-state index contributed by atoms with van der Waals surface area (Å²) in [6.07, 6.45) is -18.2. The Morgan fingerprint density at radius 3 is 1.85 bits per heavy atom. The molecule has 72 heavy (non-hydrogen) atoms. The smallest absolute Gasteiger partial charge is 0.317 e. The molecule has 3 saturated heterocycles. The number of carbonyl (C=O) groups is 2. The summed E-state index contributed by atoms with van der Waals surface area (Å²) in [4.78, 5) is 23.0. The van der Waals surface area contributed by atoms with Crippen LogP contribution in [0.2, 0.25) is 0 Å². The normalized spacial score (nSPS) is 48.8. The zero-order valence-corrected chi connectivity index (χ0v) is 42.9. The van der Waals surface area contributed by atoms with Gasteiger partial charge in [0.1, 0.15) is 86.3 Å². The Kier molecular flexibility index (Phi) is 17.5. The van der Waals surface area contributed by atoms with Crippen LogP contribution in [-0.2, 0) is 42.7 Å². The third kappa shape index (κ3) is 10.3. The van der Waals surface area contributed by atoms with Crippen molar-refractivity contribution in [1.29, 1.82) is 0 Å². The molecule has 0 spiro atoms. The van der Waals surface area contributed by atoms with Gasteiger partial charge in [-0.1, -0.05) is 46.3 Å². The molecule has 25 atom stereocenters. The predicted octanol–water partition coefficient (Wildman–Crippen LogP) is -0.00120. The second kappa shape index (κ2) is 21.8. The minimum Gasteiger partial charge on any atom is -0.481 e. The van der Waals surface area contributed by atoms with Gasteiger partial charge in [-0.25, -0.2) is 0 Å². The van der Waals surface area contributed by atoms with Crippen molar-refractivity contribution in [1.82, 2.24) is 0 Å². The summed E-state index contributed by atoms with van der Waals surface area (Å²) in [5.41, 5.74) is -1.36. The van der Waals surface area contributed by atoms with Crippen LogP contribution in [0.1, 0.15) is 120 Å². The molecule has 4 aliphatic carbocycles. The molecule has 0 bridgehead atoms. The summed E-state index contributed by atoms with van der Waals surface area (Å²) in [6.45, 7) is 15.2. The minimum absolute atomic E-state index is 0.0343. The lowest BCUT2D eigenvalue weighted by Gasteiger charge is -2.71. The Morgan fingerprint density at radius 1 is 0.667 bits per heavy atom. The summed E-state index contributed by atoms with van der Waals surface area (Å²) in [5, 5.41) is 129. The predicted molar refractivity (Wildman–Crippen MR) is 250 cm³/mol. The molecule has 414 valence electrons. The maximum Gasteiger partial charge on any atom is 0.317 e. The lowest BCUT2D eigenvalue weighted by molar-refractivity contribution is -0.378. The highest BCUT2D eigenvalue weighted by atomic mass is 16.8. The van der Waals surface area contributed by atoms with Gasteiger partial charge in [0, 0.05) is 0 Å². The van der Waals surface area contributed by atoms with Crippen LogP contribution in [0.4, 0.5) is 0 Å². The van der Waals surface area contributed by atoms with Crippen molar-refractivity contribution < 1.29 is 104 Å². The van der Waals surface area contributed by atoms with Crippen LogP contribution in [0.15, 0.2) is 11.6 Å². The molecule has 3 aliphatic heterocycles. The average molecular weight is 1030 g/mol. The van der Waals surface area contributed by atoms with Crippen LogP contribution < -0.4 is 0 Å². The molecule has 0 unspecified atom stereocenters. The molecule has 21 nitrogen and oxygen atoms in total. The van der Waals surface area contributed by atoms with Gasteiger partial charge in [0.25, 0.3) is 0 Å². The number of rotatable bonds is 16. The highest BCUT2D eigenvalue weighted by molar-refractivity contribution is 5.90. The summed E-state index contributed by atoms with van der Waals surface area (Å²) >= 11 is 0. The molecule has 0 aromatic carbocycles. The second-order valence-electron chi connectivity index (χ2n) is 24.0. The van der Waals surface area contributed by atoms with Crippen LogP contribution in [0, 0.1) is 45.3 Å². The number of fused-ring (bicyclic) bond motifs is 5. The fourth-order valence-corrected chi connectivity index (χ4v) is 15.2. The van der Waals surface area contributed by atoms with Gasteiger partial charge in [-0.3, -0.25) is 9.59 Å². The first-order chi connectivity index (χ1) is 33.6. The monoisotopic (exact) mass is 1030 g/mol. The van der Waals surface area contributed by atoms with Gasteiger partial charge in [-0.15, -0.1) is 0 Å². The molecule has 3 heterocycles. The zero-order chi connectivity index (χ0) is 53.2. The Balaban J connectivity index is 1.11. The van der Waals surface area contributed by atoms with E-state index in [1.54, 1.807) is 0 Å². The number of esters is 1. The van der Waals surface area contributed by atoms with Gasteiger partial charge < -0.3 is 94.4 Å². The van der Waals surface area contributed by atoms with E-state index in [0.29, 0.717) is 38.5 Å². The highest BCUT2D eigenvalue weighted by Crippen LogP contribution is 2.76. The van der Waals surface area contributed by atoms with Crippen molar-refractivity contribution in [2.24, 2.45) is 45.3 Å². The van der Waals surface area contributed by atoms with Crippen molar-refractivity contribution in [3.63, 3.8) is 0 Å². The molecule has 4 saturated carbocycles. The first-order valence-corrected chi connectivity index (χ1v) is 25.9. The Bertz CT molecular complexity index is 1920. The fraction of sp³-hybridized carbons (Fsp3) is 0.922. The van der Waals surface area contributed by atoms with Gasteiger partial charge in [-0.2, -0.15) is 0 Å². The zero-order valence-electron chi connectivity index (χ0n) is 42.9. The van der Waals surface area contributed by atoms with Crippen LogP contribution in [-0.4, -0.2) is 203 Å². The first kappa shape index (κ1) is 57.7. The lowest BCUT2D eigenvalue weighted by atomic mass is 9.35. The molecular weight excluding hydrogens is 949 g/mol. The molecule has 0 amide bonds. The minimum atomic E-state index is -1.93. The Labute approximate surface area is 421 Å². The van der Waals surface area contributed by atoms with Gasteiger partial charge in [0.2, 0.25) is 0 Å². The lowest BCUT2D eigenvalue weighted by Crippen LogP contribution is -2.68. The molecule has 0 aromatic heterocycles. The van der Waals surface area contributed by atoms with Crippen LogP contribution in [0.25, 0.3) is 0 Å². The van der Waals surface area contributed by atoms with E-state index in [9.17, 15) is 65.8 Å². The van der Waals surface area contributed by atoms with E-state index in [-0.39, 0.29) is 39.9 Å². The van der Waals surface area contributed by atoms with Crippen molar-refractivity contribution in [2.75, 3.05) is 19.8 Å². The Hall–Kier alpha value is -2.00. The van der Waals surface area contributed by atoms with E-state index in [2.05, 4.69) is 40.7 Å². The number of aliphatic carboxylic acids is 1. The van der Waals surface area contributed by atoms with Crippen LogP contribution >= 0.6 is 0 Å². The number of ether oxygens (including phenoxy) is 7. The van der Waals surface area contributed by atoms with E-state index in [1.807, 2.05) is 20.8 Å². The number of carboxylic acid groups (broad SMARTS) is 1. The van der Waals surface area contributed by atoms with Gasteiger partial charge in [0.15, 0.2) is 18.9 Å². The molecule has 21 heteroatoms. The first-order valence-electron chi connectivity index (χ1n) is 25.9. The number of allylic oxidation sites excluding steroid dienone is 2. The molecular formula is C51H84O21. The van der Waals surface area contributed by atoms with Crippen molar-refractivity contribution in [3.8, 4) is 0 Å². The van der Waals surface area contributed by atoms with E-state index in [1.165, 1.54) is 0 Å². The number of hydrogen-bond acceptors (Lipinski definition) is 20. The van der Waals surface area contributed by atoms with Crippen LogP contribution in [0.5, 0.6) is 0 Å². The summed E-state index contributed by atoms with van der Waals surface area (Å²) < 4.78 is 42.3. The maximum absolute atomic E-state index is 12.7. The quantitative estimate of drug-likeness (QED) is 0.0419. The van der Waals surface area contributed by atoms with Gasteiger partial charge in [0.05, 0.1) is 31.0 Å². The third-order valence-corrected chi connectivity index (χ3v) is 19.3. The Morgan fingerprint density at radius 2 is 1.24 bits per heavy atom. The number of aliphatic hydroxyl groups is 11. The highest BCUT2D eigenvalue weighted by Gasteiger charge is 2.72. The van der Waals surface area contributed by atoms with Gasteiger partial charge >= 0.3 is 11.9 Å². The number of carboxylic acids is 1. The van der Waals surface area contributed by atoms with Crippen molar-refractivity contribution in [2.45, 2.75) is 230 Å². The van der Waals surface area contributed by atoms with E-state index < -0.39 is 154 Å². The average Bonchev–Trinajstić information content (AvgIpc) is 3.70. The number of aliphatic hydroxyl groups excluding tert-OH is 11. The number of hydrogen-bond donors (Lipinski definition) is 12. The van der Waals surface area contributed by atoms with E-state index in [0.717, 1.165) is 24.8 Å². The molecule has 0 aromatic rings. The maximum atomic E-state index is 12.7. The van der Waals surface area contributed by atoms with Crippen molar-refractivity contribution in [3.05, 3.63) is 11.6 Å². The number of carbonyl (C=O) groups excluding carboxylic acids is 1. The summed E-state index contributed by atoms with van der Waals surface area (Å²) in [5.74, 6) is -2.92. The molecule has 7 aliphatic rings. The van der Waals surface area contributed by atoms with E-state index >= 15 is 0 Å². The fourth-order valence-electron chi connectivity index (χ4n) is 15.2. The summed E-state index contributed by atoms with van der Waals surface area (Å²) in [6, 6.07) is 0. The standard InChI is InChI=1S/C51H84O21/c1-23(2)10-9-14-51(8,72-45-42(65)38(61)35(58)26(20-52)67-45)24-11-16-50(7)34(24)25(54)18-30-48(5)15-13-31(47(3,4)29(48)12-17-49(30,50)6)70-46-43(40(63)36(59)27(21-53)68-46)71-44-41(64)39(62)37(60)28(69-44)22-66-33(57)19-32(55)56/h10,24-31,34-46,52-54,58-65H,9,11-22H2,1-8H3,(H,55,56)/t24-,25-,26-,27-,28+,29+,30+,31-,34-,35-,36+,37-,38+,39-,40-,41+,42-,43+,44+,45-,46+,48+,49+,50-,51+/m1/s1. The third-order valence-electron chi connectivity index (χ3n) is 19.3. The van der Waals surface area contributed by atoms with E-state index in [4.69, 9.17) is 38.3 Å². The van der Waals surface area contributed by atoms with Gasteiger partial charge in [-0.05, 0) is 124 Å². The molecule has 0 radical (unpaired) electrons. The molecule has 7 fully saturated rings. The van der Waals surface area contributed by atoms with Crippen LogP contribution in [0.3, 0.4) is 0 Å². The second-order valence-corrected chi connectivity index (χ2v) is 24.0. The topological polar surface area (TPSA) is 342 Å². The largest absolute Gasteiger partial charge is 0.481 e. The summed E-state index contributed by atoms with van der Waals surface area (Å²) in [7, 11) is 0. The molecule has 7 rings (SSSR count). The molecule has 12 N–H and O–H groups in total. The van der Waals surface area contributed by atoms with Crippen molar-refractivity contribution >= 4 is 11.9 Å². The SMILES string of the molecule is CC(C)=CCC[C@](C)(O[C@H]1O[C@H](CO)[C@@H](O)[C@H](O)[C@H]1O)[C@@H]1CC[C@]2(C)[C@H]1[C@H](O)C[C@H]1[C@@]3(C)CC[C@@H](O[C@@H]4O[C@H](CO)[C@H](O)[C@@H](O)[C@@H]4O[C@@H]4O[C@@H](COC(=O)CC(=O)O)[C@@H](O)[C@@H](O)[C@@H]4O)C(C)(C)[C@@H]3CC[C@@]12C.